The number of hydrogen-bond donors (Lipinski definition) is 1. The Kier molecular flexibility index (Phi) is 3.93. The fourth-order valence-electron chi connectivity index (χ4n) is 2.10. The van der Waals surface area contributed by atoms with Crippen molar-refractivity contribution in [3.8, 4) is 0 Å². The minimum absolute atomic E-state index is 0.293. The van der Waals surface area contributed by atoms with E-state index in [0.717, 1.165) is 0 Å². The number of pyridine rings is 1. The van der Waals surface area contributed by atoms with Crippen LogP contribution in [0.5, 0.6) is 0 Å². The highest BCUT2D eigenvalue weighted by atomic mass is 35.5. The minimum atomic E-state index is -0.403. The third-order valence-corrected chi connectivity index (χ3v) is 3.39. The molecule has 2 heterocycles. The number of amides is 2. The largest absolute Gasteiger partial charge is 0.447 e. The van der Waals surface area contributed by atoms with E-state index in [9.17, 15) is 9.59 Å². The Morgan fingerprint density at radius 3 is 2.86 bits per heavy atom. The molecule has 7 heteroatoms. The Labute approximate surface area is 131 Å². The lowest BCUT2D eigenvalue weighted by atomic mass is 10.1. The quantitative estimate of drug-likeness (QED) is 0.883. The van der Waals surface area contributed by atoms with E-state index >= 15 is 0 Å². The molecule has 22 heavy (non-hydrogen) atoms. The van der Waals surface area contributed by atoms with Crippen molar-refractivity contribution in [2.75, 3.05) is 23.4 Å². The molecule has 6 nitrogen and oxygen atoms in total. The van der Waals surface area contributed by atoms with E-state index in [1.165, 1.54) is 11.1 Å². The van der Waals surface area contributed by atoms with E-state index in [0.29, 0.717) is 35.2 Å². The van der Waals surface area contributed by atoms with Crippen LogP contribution in [0.1, 0.15) is 10.4 Å². The molecular weight excluding hydrogens is 306 g/mol. The lowest BCUT2D eigenvalue weighted by molar-refractivity contribution is 0.102. The van der Waals surface area contributed by atoms with E-state index in [2.05, 4.69) is 10.3 Å². The smallest absolute Gasteiger partial charge is 0.414 e. The maximum atomic E-state index is 12.2. The van der Waals surface area contributed by atoms with Crippen LogP contribution in [0.2, 0.25) is 5.15 Å². The topological polar surface area (TPSA) is 71.5 Å². The van der Waals surface area contributed by atoms with E-state index in [1.54, 1.807) is 36.4 Å². The first-order chi connectivity index (χ1) is 10.6. The predicted molar refractivity (Wildman–Crippen MR) is 82.3 cm³/mol. The third-order valence-electron chi connectivity index (χ3n) is 3.17. The number of ether oxygens (including phenoxy) is 1. The molecule has 2 amide bonds. The van der Waals surface area contributed by atoms with E-state index in [1.807, 2.05) is 0 Å². The van der Waals surface area contributed by atoms with Gasteiger partial charge in [-0.2, -0.15) is 0 Å². The summed E-state index contributed by atoms with van der Waals surface area (Å²) in [5.74, 6) is -0.293. The van der Waals surface area contributed by atoms with Gasteiger partial charge in [0.2, 0.25) is 0 Å². The number of rotatable bonds is 3. The van der Waals surface area contributed by atoms with Gasteiger partial charge in [0.05, 0.1) is 18.4 Å². The number of carbonyl (C=O) groups excluding carboxylic acids is 2. The van der Waals surface area contributed by atoms with Crippen molar-refractivity contribution in [3.05, 3.63) is 53.3 Å². The summed E-state index contributed by atoms with van der Waals surface area (Å²) in [6, 6.07) is 10.0. The normalized spacial score (nSPS) is 13.9. The standard InChI is InChI=1S/C15H12ClN3O3/c16-13-5-4-11(9-17-13)18-14(20)10-2-1-3-12(8-10)19-6-7-22-15(19)21/h1-5,8-9H,6-7H2,(H,18,20). The lowest BCUT2D eigenvalue weighted by Gasteiger charge is -2.13. The highest BCUT2D eigenvalue weighted by Crippen LogP contribution is 2.20. The van der Waals surface area contributed by atoms with Gasteiger partial charge in [-0.05, 0) is 30.3 Å². The number of benzene rings is 1. The highest BCUT2D eigenvalue weighted by Gasteiger charge is 2.24. The van der Waals surface area contributed by atoms with Crippen molar-refractivity contribution in [3.63, 3.8) is 0 Å². The Balaban J connectivity index is 1.78. The zero-order chi connectivity index (χ0) is 15.5. The summed E-state index contributed by atoms with van der Waals surface area (Å²) in [6.45, 7) is 0.830. The van der Waals surface area contributed by atoms with Crippen molar-refractivity contribution in [1.29, 1.82) is 0 Å². The molecule has 1 aliphatic heterocycles. The van der Waals surface area contributed by atoms with Gasteiger partial charge < -0.3 is 10.1 Å². The van der Waals surface area contributed by atoms with Crippen molar-refractivity contribution in [1.82, 2.24) is 4.98 Å². The van der Waals surface area contributed by atoms with Gasteiger partial charge in [0.15, 0.2) is 0 Å². The Morgan fingerprint density at radius 1 is 1.32 bits per heavy atom. The van der Waals surface area contributed by atoms with Crippen LogP contribution in [0.3, 0.4) is 0 Å². The maximum Gasteiger partial charge on any atom is 0.414 e. The molecule has 0 bridgehead atoms. The molecule has 3 rings (SSSR count). The molecule has 0 aliphatic carbocycles. The van der Waals surface area contributed by atoms with E-state index in [-0.39, 0.29) is 5.91 Å². The van der Waals surface area contributed by atoms with Gasteiger partial charge in [0.25, 0.3) is 5.91 Å². The first kappa shape index (κ1) is 14.3. The molecule has 1 aromatic carbocycles. The first-order valence-corrected chi connectivity index (χ1v) is 6.98. The number of hydrogen-bond acceptors (Lipinski definition) is 4. The van der Waals surface area contributed by atoms with Gasteiger partial charge in [-0.1, -0.05) is 17.7 Å². The molecule has 112 valence electrons. The van der Waals surface area contributed by atoms with Crippen LogP contribution in [0.25, 0.3) is 0 Å². The summed E-state index contributed by atoms with van der Waals surface area (Å²) in [5, 5.41) is 3.07. The molecule has 0 radical (unpaired) electrons. The van der Waals surface area contributed by atoms with Crippen molar-refractivity contribution in [2.24, 2.45) is 0 Å². The molecular formula is C15H12ClN3O3. The Bertz CT molecular complexity index is 718. The predicted octanol–water partition coefficient (Wildman–Crippen LogP) is 2.94. The van der Waals surface area contributed by atoms with Gasteiger partial charge >= 0.3 is 6.09 Å². The molecule has 1 saturated heterocycles. The number of nitrogens with one attached hydrogen (secondary N) is 1. The zero-order valence-electron chi connectivity index (χ0n) is 11.5. The number of aromatic nitrogens is 1. The number of halogens is 1. The van der Waals surface area contributed by atoms with E-state index < -0.39 is 6.09 Å². The van der Waals surface area contributed by atoms with Crippen LogP contribution in [0, 0.1) is 0 Å². The second-order valence-electron chi connectivity index (χ2n) is 4.64. The molecule has 0 saturated carbocycles. The monoisotopic (exact) mass is 317 g/mol. The Morgan fingerprint density at radius 2 is 2.18 bits per heavy atom. The van der Waals surface area contributed by atoms with Crippen molar-refractivity contribution in [2.45, 2.75) is 0 Å². The summed E-state index contributed by atoms with van der Waals surface area (Å²) in [7, 11) is 0. The van der Waals surface area contributed by atoms with Crippen LogP contribution < -0.4 is 10.2 Å². The van der Waals surface area contributed by atoms with Crippen LogP contribution in [0.4, 0.5) is 16.2 Å². The van der Waals surface area contributed by atoms with E-state index in [4.69, 9.17) is 16.3 Å². The second-order valence-corrected chi connectivity index (χ2v) is 5.03. The van der Waals surface area contributed by atoms with Crippen LogP contribution in [0.15, 0.2) is 42.6 Å². The summed E-state index contributed by atoms with van der Waals surface area (Å²) in [6.07, 6.45) is 1.07. The fourth-order valence-corrected chi connectivity index (χ4v) is 2.21. The minimum Gasteiger partial charge on any atom is -0.447 e. The summed E-state index contributed by atoms with van der Waals surface area (Å²) < 4.78 is 4.89. The zero-order valence-corrected chi connectivity index (χ0v) is 12.2. The molecule has 0 unspecified atom stereocenters. The average Bonchev–Trinajstić information content (AvgIpc) is 2.96. The number of cyclic esters (lactones) is 1. The van der Waals surface area contributed by atoms with Gasteiger partial charge in [0.1, 0.15) is 11.8 Å². The van der Waals surface area contributed by atoms with Gasteiger partial charge in [-0.3, -0.25) is 9.69 Å². The van der Waals surface area contributed by atoms with Crippen LogP contribution >= 0.6 is 11.6 Å². The lowest BCUT2D eigenvalue weighted by Crippen LogP contribution is -2.23. The summed E-state index contributed by atoms with van der Waals surface area (Å²) in [4.78, 5) is 29.2. The molecule has 2 aromatic rings. The maximum absolute atomic E-state index is 12.2. The first-order valence-electron chi connectivity index (χ1n) is 6.61. The van der Waals surface area contributed by atoms with Gasteiger partial charge in [-0.15, -0.1) is 0 Å². The molecule has 1 N–H and O–H groups in total. The molecule has 0 atom stereocenters. The van der Waals surface area contributed by atoms with Crippen molar-refractivity contribution >= 4 is 35.0 Å². The number of nitrogens with zero attached hydrogens (tertiary/aromatic N) is 2. The van der Waals surface area contributed by atoms with Crippen LogP contribution in [-0.4, -0.2) is 30.1 Å². The number of anilines is 2. The van der Waals surface area contributed by atoms with Crippen molar-refractivity contribution < 1.29 is 14.3 Å². The third kappa shape index (κ3) is 3.01. The van der Waals surface area contributed by atoms with Gasteiger partial charge in [-0.25, -0.2) is 9.78 Å². The molecule has 1 aliphatic rings. The Hall–Kier alpha value is -2.60. The molecule has 0 spiro atoms. The van der Waals surface area contributed by atoms with Gasteiger partial charge in [0, 0.05) is 11.3 Å². The highest BCUT2D eigenvalue weighted by molar-refractivity contribution is 6.29. The fraction of sp³-hybridized carbons (Fsp3) is 0.133. The summed E-state index contributed by atoms with van der Waals surface area (Å²) in [5.41, 5.74) is 1.61. The second kappa shape index (κ2) is 6.03. The molecule has 1 aromatic heterocycles. The number of carbonyl (C=O) groups is 2. The van der Waals surface area contributed by atoms with Crippen LogP contribution in [-0.2, 0) is 4.74 Å². The molecule has 1 fully saturated rings. The average molecular weight is 318 g/mol. The summed E-state index contributed by atoms with van der Waals surface area (Å²) >= 11 is 5.70. The SMILES string of the molecule is O=C(Nc1ccc(Cl)nc1)c1cccc(N2CCOC2=O)c1.